The maximum absolute atomic E-state index is 9.55. The second kappa shape index (κ2) is 11.1. The lowest BCUT2D eigenvalue weighted by atomic mass is 10.2. The highest BCUT2D eigenvalue weighted by Crippen LogP contribution is 2.46. The Morgan fingerprint density at radius 1 is 1.17 bits per heavy atom. The average molecular weight is 492 g/mol. The number of aryl methyl sites for hydroxylation is 1. The van der Waals surface area contributed by atoms with E-state index in [1.165, 1.54) is 0 Å². The van der Waals surface area contributed by atoms with E-state index in [1.54, 1.807) is 15.4 Å². The molecule has 0 saturated heterocycles. The van der Waals surface area contributed by atoms with Gasteiger partial charge in [-0.1, -0.05) is 6.07 Å². The molecule has 0 bridgehead atoms. The predicted octanol–water partition coefficient (Wildman–Crippen LogP) is 2.36. The van der Waals surface area contributed by atoms with Gasteiger partial charge in [0, 0.05) is 61.3 Å². The monoisotopic (exact) mass is 491 g/mol. The van der Waals surface area contributed by atoms with Gasteiger partial charge in [-0.15, -0.1) is 0 Å². The lowest BCUT2D eigenvalue weighted by Gasteiger charge is -2.10. The van der Waals surface area contributed by atoms with E-state index in [0.29, 0.717) is 43.0 Å². The first kappa shape index (κ1) is 24.4. The first-order valence-corrected chi connectivity index (χ1v) is 11.1. The number of hydrogen-bond acceptors (Lipinski definition) is 8. The zero-order valence-electron chi connectivity index (χ0n) is 19.4. The highest BCUT2D eigenvalue weighted by Gasteiger charge is 2.39. The summed E-state index contributed by atoms with van der Waals surface area (Å²) >= 11 is 0. The normalized spacial score (nSPS) is 16.4. The van der Waals surface area contributed by atoms with E-state index >= 15 is 0 Å². The van der Waals surface area contributed by atoms with Crippen molar-refractivity contribution in [2.45, 2.75) is 18.9 Å². The Morgan fingerprint density at radius 3 is 2.64 bits per heavy atom. The quantitative estimate of drug-likeness (QED) is 0.297. The number of nitrogens with one attached hydrogen (secondary N) is 1. The third-order valence-electron chi connectivity index (χ3n) is 5.36. The molecule has 4 heterocycles. The molecule has 2 unspecified atom stereocenters. The van der Waals surface area contributed by atoms with Crippen LogP contribution in [-0.2, 0) is 23.2 Å². The number of carbonyl (C=O) groups is 2. The SMILES string of the molecule is Cn1ccc(CNc2cc(OCC3CC3c3ccccn3)nc3ccnn23)n1.O=C(O)/C=C/C(=O)O. The Kier molecular flexibility index (Phi) is 7.54. The molecule has 4 aromatic heterocycles. The molecular formula is C24H25N7O5. The number of rotatable bonds is 9. The van der Waals surface area contributed by atoms with Gasteiger partial charge in [0.25, 0.3) is 0 Å². The molecular weight excluding hydrogens is 466 g/mol. The Bertz CT molecular complexity index is 1350. The minimum atomic E-state index is -1.26. The molecule has 2 atom stereocenters. The number of aliphatic carboxylic acids is 2. The smallest absolute Gasteiger partial charge is 0.328 e. The van der Waals surface area contributed by atoms with Crippen molar-refractivity contribution in [1.29, 1.82) is 0 Å². The molecule has 36 heavy (non-hydrogen) atoms. The largest absolute Gasteiger partial charge is 0.478 e. The summed E-state index contributed by atoms with van der Waals surface area (Å²) in [6.45, 7) is 1.24. The molecule has 0 aromatic carbocycles. The number of carboxylic acid groups (broad SMARTS) is 2. The van der Waals surface area contributed by atoms with Gasteiger partial charge >= 0.3 is 11.9 Å². The summed E-state index contributed by atoms with van der Waals surface area (Å²) in [5.41, 5.74) is 2.85. The van der Waals surface area contributed by atoms with E-state index in [1.807, 2.05) is 49.8 Å². The topological polar surface area (TPSA) is 157 Å². The first-order valence-electron chi connectivity index (χ1n) is 11.1. The van der Waals surface area contributed by atoms with Crippen LogP contribution in [0.3, 0.4) is 0 Å². The zero-order valence-corrected chi connectivity index (χ0v) is 19.4. The molecule has 1 aliphatic rings. The molecule has 0 radical (unpaired) electrons. The van der Waals surface area contributed by atoms with Crippen molar-refractivity contribution in [3.63, 3.8) is 0 Å². The molecule has 1 fully saturated rings. The van der Waals surface area contributed by atoms with Crippen LogP contribution in [-0.4, -0.2) is 58.1 Å². The van der Waals surface area contributed by atoms with Crippen LogP contribution in [0.5, 0.6) is 5.88 Å². The fourth-order valence-corrected chi connectivity index (χ4v) is 3.55. The molecule has 4 aromatic rings. The number of carboxylic acids is 2. The number of nitrogens with zero attached hydrogens (tertiary/aromatic N) is 6. The van der Waals surface area contributed by atoms with Crippen LogP contribution >= 0.6 is 0 Å². The number of pyridine rings is 1. The molecule has 5 rings (SSSR count). The second-order valence-electron chi connectivity index (χ2n) is 8.09. The van der Waals surface area contributed by atoms with Crippen molar-refractivity contribution in [2.75, 3.05) is 11.9 Å². The van der Waals surface area contributed by atoms with Gasteiger partial charge in [-0.25, -0.2) is 9.59 Å². The molecule has 0 amide bonds. The van der Waals surface area contributed by atoms with E-state index in [-0.39, 0.29) is 0 Å². The van der Waals surface area contributed by atoms with Crippen LogP contribution in [0.2, 0.25) is 0 Å². The summed E-state index contributed by atoms with van der Waals surface area (Å²) in [6, 6.07) is 11.8. The molecule has 1 saturated carbocycles. The summed E-state index contributed by atoms with van der Waals surface area (Å²) in [7, 11) is 1.91. The average Bonchev–Trinajstić information content (AvgIpc) is 3.26. The Morgan fingerprint density at radius 2 is 1.97 bits per heavy atom. The summed E-state index contributed by atoms with van der Waals surface area (Å²) in [5, 5.41) is 27.7. The van der Waals surface area contributed by atoms with Crippen LogP contribution in [0.15, 0.2) is 67.1 Å². The summed E-state index contributed by atoms with van der Waals surface area (Å²) in [5.74, 6) is -0.111. The van der Waals surface area contributed by atoms with Crippen LogP contribution in [0.1, 0.15) is 23.7 Å². The van der Waals surface area contributed by atoms with Gasteiger partial charge in [0.15, 0.2) is 5.65 Å². The maximum Gasteiger partial charge on any atom is 0.328 e. The van der Waals surface area contributed by atoms with Gasteiger partial charge in [0.1, 0.15) is 5.82 Å². The summed E-state index contributed by atoms with van der Waals surface area (Å²) < 4.78 is 9.57. The van der Waals surface area contributed by atoms with Crippen LogP contribution < -0.4 is 10.1 Å². The lowest BCUT2D eigenvalue weighted by Crippen LogP contribution is -2.09. The van der Waals surface area contributed by atoms with Crippen LogP contribution in [0.4, 0.5) is 5.82 Å². The van der Waals surface area contributed by atoms with Crippen molar-refractivity contribution in [1.82, 2.24) is 29.4 Å². The molecule has 186 valence electrons. The summed E-state index contributed by atoms with van der Waals surface area (Å²) in [4.78, 5) is 28.1. The van der Waals surface area contributed by atoms with Crippen molar-refractivity contribution in [3.8, 4) is 5.88 Å². The summed E-state index contributed by atoms with van der Waals surface area (Å²) in [6.07, 6.45) is 7.73. The number of hydrogen-bond donors (Lipinski definition) is 3. The number of anilines is 1. The minimum Gasteiger partial charge on any atom is -0.478 e. The van der Waals surface area contributed by atoms with Gasteiger partial charge in [0.05, 0.1) is 25.0 Å². The van der Waals surface area contributed by atoms with Crippen LogP contribution in [0.25, 0.3) is 5.65 Å². The lowest BCUT2D eigenvalue weighted by molar-refractivity contribution is -0.134. The molecule has 3 N–H and O–H groups in total. The molecule has 12 nitrogen and oxygen atoms in total. The Labute approximate surface area is 205 Å². The third-order valence-corrected chi connectivity index (χ3v) is 5.36. The predicted molar refractivity (Wildman–Crippen MR) is 129 cm³/mol. The molecule has 0 spiro atoms. The fourth-order valence-electron chi connectivity index (χ4n) is 3.55. The number of aromatic nitrogens is 6. The van der Waals surface area contributed by atoms with Crippen molar-refractivity contribution in [2.24, 2.45) is 13.0 Å². The van der Waals surface area contributed by atoms with Gasteiger partial charge in [-0.2, -0.15) is 19.7 Å². The molecule has 0 aliphatic heterocycles. The highest BCUT2D eigenvalue weighted by molar-refractivity contribution is 5.89. The van der Waals surface area contributed by atoms with E-state index in [2.05, 4.69) is 31.5 Å². The van der Waals surface area contributed by atoms with Crippen LogP contribution in [0, 0.1) is 5.92 Å². The van der Waals surface area contributed by atoms with E-state index < -0.39 is 11.9 Å². The standard InChI is InChI=1S/C20H21N7O.C4H4O4/c1-26-9-6-15(25-26)12-22-19-11-20(24-18-5-8-23-27(18)19)28-13-14-10-16(14)17-4-2-3-7-21-17;5-3(6)1-2-4(7)8/h2-9,11,14,16,22H,10,12-13H2,1H3;1-2H,(H,5,6)(H,7,8)/b;2-1+. The number of ether oxygens (including phenoxy) is 1. The third kappa shape index (κ3) is 6.65. The van der Waals surface area contributed by atoms with Gasteiger partial charge in [-0.05, 0) is 24.6 Å². The highest BCUT2D eigenvalue weighted by atomic mass is 16.5. The van der Waals surface area contributed by atoms with E-state index in [0.717, 1.165) is 29.3 Å². The van der Waals surface area contributed by atoms with Crippen molar-refractivity contribution < 1.29 is 24.5 Å². The van der Waals surface area contributed by atoms with E-state index in [9.17, 15) is 9.59 Å². The van der Waals surface area contributed by atoms with E-state index in [4.69, 9.17) is 14.9 Å². The second-order valence-corrected chi connectivity index (χ2v) is 8.09. The molecule has 12 heteroatoms. The van der Waals surface area contributed by atoms with Gasteiger partial charge in [0.2, 0.25) is 5.88 Å². The van der Waals surface area contributed by atoms with Gasteiger partial charge < -0.3 is 20.3 Å². The number of fused-ring (bicyclic) bond motifs is 1. The molecule has 1 aliphatic carbocycles. The van der Waals surface area contributed by atoms with Crippen molar-refractivity contribution >= 4 is 23.4 Å². The first-order chi connectivity index (χ1) is 17.4. The zero-order chi connectivity index (χ0) is 25.5. The maximum atomic E-state index is 9.55. The minimum absolute atomic E-state index is 0.488. The van der Waals surface area contributed by atoms with Crippen molar-refractivity contribution in [3.05, 3.63) is 78.5 Å². The Hall–Kier alpha value is -4.74. The Balaban J connectivity index is 0.000000331. The fraction of sp³-hybridized carbons (Fsp3) is 0.250. The van der Waals surface area contributed by atoms with Gasteiger partial charge in [-0.3, -0.25) is 9.67 Å².